The van der Waals surface area contributed by atoms with E-state index in [2.05, 4.69) is 10.0 Å². The molecule has 0 amide bonds. The van der Waals surface area contributed by atoms with E-state index in [0.29, 0.717) is 11.5 Å². The molecule has 0 aliphatic carbocycles. The SMILES string of the molecule is [C-]#[N+]C(=CN(C)C)c1cc(C)no1. The van der Waals surface area contributed by atoms with Gasteiger partial charge in [0.15, 0.2) is 5.76 Å². The van der Waals surface area contributed by atoms with Gasteiger partial charge >= 0.3 is 0 Å². The minimum atomic E-state index is 0.464. The van der Waals surface area contributed by atoms with Crippen LogP contribution >= 0.6 is 0 Å². The highest BCUT2D eigenvalue weighted by Gasteiger charge is 2.07. The molecule has 0 spiro atoms. The van der Waals surface area contributed by atoms with Crippen LogP contribution in [0, 0.1) is 13.5 Å². The van der Waals surface area contributed by atoms with Crippen LogP contribution in [-0.2, 0) is 0 Å². The van der Waals surface area contributed by atoms with Gasteiger partial charge in [-0.15, -0.1) is 0 Å². The lowest BCUT2D eigenvalue weighted by atomic mass is 10.3. The molecule has 0 bridgehead atoms. The van der Waals surface area contributed by atoms with Crippen molar-refractivity contribution in [1.29, 1.82) is 0 Å². The molecule has 4 heteroatoms. The van der Waals surface area contributed by atoms with Gasteiger partial charge in [0.2, 0.25) is 5.70 Å². The van der Waals surface area contributed by atoms with Gasteiger partial charge in [-0.25, -0.2) is 4.85 Å². The number of hydrogen-bond donors (Lipinski definition) is 0. The Kier molecular flexibility index (Phi) is 2.70. The number of nitrogens with zero attached hydrogens (tertiary/aromatic N) is 3. The van der Waals surface area contributed by atoms with E-state index in [1.165, 1.54) is 0 Å². The van der Waals surface area contributed by atoms with Crippen LogP contribution in [0.4, 0.5) is 0 Å². The molecule has 1 aromatic heterocycles. The van der Waals surface area contributed by atoms with Crippen molar-refractivity contribution in [3.63, 3.8) is 0 Å². The molecule has 0 aliphatic heterocycles. The lowest BCUT2D eigenvalue weighted by Crippen LogP contribution is -2.01. The number of hydrogen-bond acceptors (Lipinski definition) is 3. The van der Waals surface area contributed by atoms with Crippen molar-refractivity contribution in [3.05, 3.63) is 35.1 Å². The maximum absolute atomic E-state index is 6.94. The summed E-state index contributed by atoms with van der Waals surface area (Å²) in [6.45, 7) is 8.77. The summed E-state index contributed by atoms with van der Waals surface area (Å²) in [7, 11) is 3.71. The highest BCUT2D eigenvalue weighted by Crippen LogP contribution is 2.16. The smallest absolute Gasteiger partial charge is 0.246 e. The van der Waals surface area contributed by atoms with E-state index >= 15 is 0 Å². The second-order valence-electron chi connectivity index (χ2n) is 2.92. The highest BCUT2D eigenvalue weighted by atomic mass is 16.5. The van der Waals surface area contributed by atoms with Crippen LogP contribution in [0.3, 0.4) is 0 Å². The highest BCUT2D eigenvalue weighted by molar-refractivity contribution is 5.66. The Morgan fingerprint density at radius 2 is 2.38 bits per heavy atom. The average Bonchev–Trinajstić information content (AvgIpc) is 2.47. The predicted octanol–water partition coefficient (Wildman–Crippen LogP) is 1.76. The Bertz CT molecular complexity index is 357. The molecule has 4 nitrogen and oxygen atoms in total. The average molecular weight is 177 g/mol. The second-order valence-corrected chi connectivity index (χ2v) is 2.92. The summed E-state index contributed by atoms with van der Waals surface area (Å²) >= 11 is 0. The van der Waals surface area contributed by atoms with Crippen molar-refractivity contribution in [1.82, 2.24) is 10.1 Å². The molecule has 13 heavy (non-hydrogen) atoms. The summed E-state index contributed by atoms with van der Waals surface area (Å²) in [5.41, 5.74) is 1.24. The monoisotopic (exact) mass is 177 g/mol. The third kappa shape index (κ3) is 2.34. The zero-order valence-corrected chi connectivity index (χ0v) is 7.90. The van der Waals surface area contributed by atoms with Gasteiger partial charge in [0.05, 0.1) is 12.3 Å². The predicted molar refractivity (Wildman–Crippen MR) is 49.5 cm³/mol. The fourth-order valence-corrected chi connectivity index (χ4v) is 0.876. The van der Waals surface area contributed by atoms with Crippen LogP contribution in [0.1, 0.15) is 11.5 Å². The second kappa shape index (κ2) is 3.76. The van der Waals surface area contributed by atoms with E-state index in [9.17, 15) is 0 Å². The normalized spacial score (nSPS) is 11.1. The molecule has 0 N–H and O–H groups in total. The van der Waals surface area contributed by atoms with E-state index in [1.54, 1.807) is 17.2 Å². The molecule has 0 saturated carbocycles. The molecule has 0 atom stereocenters. The molecule has 0 radical (unpaired) electrons. The van der Waals surface area contributed by atoms with Gasteiger partial charge in [0.1, 0.15) is 0 Å². The molecular formula is C9H11N3O. The van der Waals surface area contributed by atoms with Crippen molar-refractivity contribution in [3.8, 4) is 0 Å². The largest absolute Gasteiger partial charge is 0.393 e. The first-order valence-corrected chi connectivity index (χ1v) is 3.83. The molecule has 0 aromatic carbocycles. The van der Waals surface area contributed by atoms with Gasteiger partial charge in [0, 0.05) is 20.3 Å². The number of aryl methyl sites for hydroxylation is 1. The van der Waals surface area contributed by atoms with Crippen molar-refractivity contribution < 1.29 is 4.52 Å². The van der Waals surface area contributed by atoms with Gasteiger partial charge in [-0.3, -0.25) is 0 Å². The molecule has 68 valence electrons. The van der Waals surface area contributed by atoms with Crippen molar-refractivity contribution in [2.75, 3.05) is 14.1 Å². The van der Waals surface area contributed by atoms with Gasteiger partial charge in [-0.2, -0.15) is 0 Å². The van der Waals surface area contributed by atoms with E-state index in [-0.39, 0.29) is 0 Å². The molecular weight excluding hydrogens is 166 g/mol. The first-order valence-electron chi connectivity index (χ1n) is 3.83. The summed E-state index contributed by atoms with van der Waals surface area (Å²) in [5.74, 6) is 0.515. The number of aromatic nitrogens is 1. The summed E-state index contributed by atoms with van der Waals surface area (Å²) in [4.78, 5) is 5.14. The van der Waals surface area contributed by atoms with E-state index < -0.39 is 0 Å². The van der Waals surface area contributed by atoms with E-state index in [4.69, 9.17) is 11.1 Å². The standard InChI is InChI=1S/C9H11N3O/c1-7-5-9(13-11-7)8(10-2)6-12(3)4/h5-6H,1,3-4H3. The summed E-state index contributed by atoms with van der Waals surface area (Å²) < 4.78 is 4.96. The van der Waals surface area contributed by atoms with Gasteiger partial charge in [0.25, 0.3) is 0 Å². The minimum Gasteiger partial charge on any atom is -0.393 e. The van der Waals surface area contributed by atoms with E-state index in [1.807, 2.05) is 21.0 Å². The zero-order chi connectivity index (χ0) is 9.84. The Labute approximate surface area is 77.3 Å². The summed E-state index contributed by atoms with van der Waals surface area (Å²) in [6, 6.07) is 1.74. The third-order valence-electron chi connectivity index (χ3n) is 1.38. The molecule has 1 heterocycles. The van der Waals surface area contributed by atoms with Crippen LogP contribution in [0.2, 0.25) is 0 Å². The molecule has 0 saturated heterocycles. The fraction of sp³-hybridized carbons (Fsp3) is 0.333. The topological polar surface area (TPSA) is 33.6 Å². The van der Waals surface area contributed by atoms with Gasteiger partial charge < -0.3 is 9.42 Å². The molecule has 0 aliphatic rings. The molecule has 1 aromatic rings. The molecule has 0 unspecified atom stereocenters. The van der Waals surface area contributed by atoms with Gasteiger partial charge in [-0.1, -0.05) is 5.16 Å². The van der Waals surface area contributed by atoms with Crippen molar-refractivity contribution >= 4 is 5.70 Å². The van der Waals surface area contributed by atoms with Crippen LogP contribution in [0.25, 0.3) is 10.5 Å². The Morgan fingerprint density at radius 3 is 2.77 bits per heavy atom. The third-order valence-corrected chi connectivity index (χ3v) is 1.38. The van der Waals surface area contributed by atoms with Crippen molar-refractivity contribution in [2.45, 2.75) is 6.92 Å². The van der Waals surface area contributed by atoms with Crippen LogP contribution in [0.15, 0.2) is 16.8 Å². The van der Waals surface area contributed by atoms with E-state index in [0.717, 1.165) is 5.69 Å². The van der Waals surface area contributed by atoms with Crippen LogP contribution in [0.5, 0.6) is 0 Å². The number of rotatable bonds is 2. The Morgan fingerprint density at radius 1 is 1.69 bits per heavy atom. The maximum Gasteiger partial charge on any atom is 0.246 e. The molecule has 1 rings (SSSR count). The first kappa shape index (κ1) is 9.33. The lowest BCUT2D eigenvalue weighted by Gasteiger charge is -2.03. The Hall–Kier alpha value is -1.76. The molecule has 0 fully saturated rings. The zero-order valence-electron chi connectivity index (χ0n) is 7.90. The van der Waals surface area contributed by atoms with Gasteiger partial charge in [-0.05, 0) is 13.0 Å². The first-order chi connectivity index (χ1) is 6.13. The minimum absolute atomic E-state index is 0.464. The fourth-order valence-electron chi connectivity index (χ4n) is 0.876. The van der Waals surface area contributed by atoms with Crippen LogP contribution < -0.4 is 0 Å². The quantitative estimate of drug-likeness (QED) is 0.645. The maximum atomic E-state index is 6.94. The lowest BCUT2D eigenvalue weighted by molar-refractivity contribution is 0.405. The summed E-state index contributed by atoms with van der Waals surface area (Å²) in [5, 5.41) is 3.72. The van der Waals surface area contributed by atoms with Crippen molar-refractivity contribution in [2.24, 2.45) is 0 Å². The van der Waals surface area contributed by atoms with Crippen LogP contribution in [-0.4, -0.2) is 24.2 Å². The summed E-state index contributed by atoms with van der Waals surface area (Å²) in [6.07, 6.45) is 1.70. The Balaban J connectivity index is 2.99.